The summed E-state index contributed by atoms with van der Waals surface area (Å²) in [6.45, 7) is 0. The van der Waals surface area contributed by atoms with E-state index < -0.39 is 18.2 Å². The highest BCUT2D eigenvalue weighted by molar-refractivity contribution is 6.31. The van der Waals surface area contributed by atoms with Crippen LogP contribution in [0.15, 0.2) is 48.5 Å². The number of hydrazine groups is 1. The van der Waals surface area contributed by atoms with E-state index in [0.29, 0.717) is 11.4 Å². The Kier molecular flexibility index (Phi) is 5.36. The number of alkyl halides is 3. The molecule has 5 nitrogen and oxygen atoms in total. The number of hydrogen-bond acceptors (Lipinski definition) is 4. The first kappa shape index (κ1) is 18.5. The number of carbonyl (C=O) groups is 1. The minimum atomic E-state index is -4.79. The summed E-state index contributed by atoms with van der Waals surface area (Å²) in [5.41, 5.74) is 6.94. The fourth-order valence-electron chi connectivity index (χ4n) is 2.69. The summed E-state index contributed by atoms with van der Waals surface area (Å²) >= 11 is 6.16. The summed E-state index contributed by atoms with van der Waals surface area (Å²) in [4.78, 5) is 12.4. The van der Waals surface area contributed by atoms with Gasteiger partial charge in [-0.1, -0.05) is 35.9 Å². The molecule has 26 heavy (non-hydrogen) atoms. The molecule has 0 spiro atoms. The number of anilines is 1. The molecule has 2 unspecified atom stereocenters. The van der Waals surface area contributed by atoms with Crippen LogP contribution in [0.5, 0.6) is 5.75 Å². The maximum Gasteiger partial charge on any atom is 0.573 e. The van der Waals surface area contributed by atoms with Crippen molar-refractivity contribution in [2.24, 2.45) is 0 Å². The lowest BCUT2D eigenvalue weighted by atomic mass is 10.0. The van der Waals surface area contributed by atoms with E-state index in [-0.39, 0.29) is 17.6 Å². The smallest absolute Gasteiger partial charge is 0.406 e. The summed E-state index contributed by atoms with van der Waals surface area (Å²) in [5, 5.41) is 3.16. The van der Waals surface area contributed by atoms with Gasteiger partial charge in [0.05, 0.1) is 0 Å². The van der Waals surface area contributed by atoms with Crippen molar-refractivity contribution in [3.63, 3.8) is 0 Å². The molecule has 3 rings (SSSR count). The van der Waals surface area contributed by atoms with E-state index in [1.54, 1.807) is 6.07 Å². The van der Waals surface area contributed by atoms with E-state index >= 15 is 0 Å². The molecule has 1 fully saturated rings. The quantitative estimate of drug-likeness (QED) is 0.749. The number of amides is 1. The maximum atomic E-state index is 12.4. The van der Waals surface area contributed by atoms with Gasteiger partial charge in [0.15, 0.2) is 0 Å². The lowest BCUT2D eigenvalue weighted by Gasteiger charge is -2.13. The van der Waals surface area contributed by atoms with Gasteiger partial charge in [0.1, 0.15) is 11.8 Å². The number of carbonyl (C=O) groups excluding carboxylic acids is 1. The van der Waals surface area contributed by atoms with Crippen molar-refractivity contribution in [2.45, 2.75) is 24.9 Å². The van der Waals surface area contributed by atoms with Crippen LogP contribution in [0, 0.1) is 0 Å². The molecule has 9 heteroatoms. The zero-order chi connectivity index (χ0) is 18.7. The molecule has 1 aliphatic rings. The van der Waals surface area contributed by atoms with Crippen LogP contribution >= 0.6 is 11.6 Å². The Labute approximate surface area is 152 Å². The van der Waals surface area contributed by atoms with E-state index in [0.717, 1.165) is 17.7 Å². The van der Waals surface area contributed by atoms with Crippen molar-refractivity contribution in [3.05, 3.63) is 59.1 Å². The van der Waals surface area contributed by atoms with Crippen molar-refractivity contribution in [1.82, 2.24) is 10.9 Å². The van der Waals surface area contributed by atoms with Gasteiger partial charge >= 0.3 is 6.36 Å². The van der Waals surface area contributed by atoms with Crippen molar-refractivity contribution in [2.75, 3.05) is 5.32 Å². The Hall–Kier alpha value is -2.29. The molecule has 0 radical (unpaired) electrons. The molecule has 1 heterocycles. The minimum Gasteiger partial charge on any atom is -0.406 e. The third-order valence-corrected chi connectivity index (χ3v) is 4.18. The van der Waals surface area contributed by atoms with Crippen molar-refractivity contribution in [3.8, 4) is 5.75 Å². The van der Waals surface area contributed by atoms with Crippen LogP contribution < -0.4 is 20.9 Å². The van der Waals surface area contributed by atoms with Crippen molar-refractivity contribution in [1.29, 1.82) is 0 Å². The lowest BCUT2D eigenvalue weighted by Crippen LogP contribution is -2.39. The Morgan fingerprint density at radius 2 is 1.92 bits per heavy atom. The van der Waals surface area contributed by atoms with E-state index in [1.165, 1.54) is 12.1 Å². The van der Waals surface area contributed by atoms with Gasteiger partial charge in [0.25, 0.3) is 0 Å². The van der Waals surface area contributed by atoms with Crippen LogP contribution in [0.25, 0.3) is 0 Å². The van der Waals surface area contributed by atoms with Crippen molar-refractivity contribution < 1.29 is 22.7 Å². The second kappa shape index (κ2) is 7.53. The fourth-order valence-corrected chi connectivity index (χ4v) is 2.96. The van der Waals surface area contributed by atoms with Crippen LogP contribution in [-0.2, 0) is 4.79 Å². The monoisotopic (exact) mass is 385 g/mol. The number of hydrogen-bond donors (Lipinski definition) is 3. The molecule has 2 aromatic rings. The summed E-state index contributed by atoms with van der Waals surface area (Å²) in [6.07, 6.45) is -4.35. The largest absolute Gasteiger partial charge is 0.573 e. The first-order valence-corrected chi connectivity index (χ1v) is 8.12. The highest BCUT2D eigenvalue weighted by atomic mass is 35.5. The standard InChI is InChI=1S/C17H15ClF3N3O2/c18-13-7-2-1-6-12(13)14-9-15(24-23-14)16(25)22-10-4-3-5-11(8-10)26-17(19,20)21/h1-8,14-15,23-24H,9H2,(H,22,25). The average molecular weight is 386 g/mol. The number of nitrogens with one attached hydrogen (secondary N) is 3. The SMILES string of the molecule is O=C(Nc1cccc(OC(F)(F)F)c1)C1CC(c2ccccc2Cl)NN1. The molecule has 2 atom stereocenters. The minimum absolute atomic E-state index is 0.153. The molecular weight excluding hydrogens is 371 g/mol. The molecule has 0 aliphatic carbocycles. The number of ether oxygens (including phenoxy) is 1. The topological polar surface area (TPSA) is 62.4 Å². The van der Waals surface area contributed by atoms with Crippen LogP contribution in [0.1, 0.15) is 18.0 Å². The zero-order valence-corrected chi connectivity index (χ0v) is 14.1. The van der Waals surface area contributed by atoms with Crippen LogP contribution in [0.4, 0.5) is 18.9 Å². The Morgan fingerprint density at radius 3 is 2.65 bits per heavy atom. The molecule has 1 aliphatic heterocycles. The Balaban J connectivity index is 1.63. The van der Waals surface area contributed by atoms with Gasteiger partial charge in [0, 0.05) is 22.8 Å². The molecule has 3 N–H and O–H groups in total. The van der Waals surface area contributed by atoms with Gasteiger partial charge < -0.3 is 10.1 Å². The van der Waals surface area contributed by atoms with Gasteiger partial charge in [-0.3, -0.25) is 4.79 Å². The number of halogens is 4. The molecule has 0 bridgehead atoms. The highest BCUT2D eigenvalue weighted by Gasteiger charge is 2.32. The molecule has 1 saturated heterocycles. The van der Waals surface area contributed by atoms with Gasteiger partial charge in [-0.2, -0.15) is 0 Å². The summed E-state index contributed by atoms with van der Waals surface area (Å²) in [5.74, 6) is -0.780. The number of rotatable bonds is 4. The predicted octanol–water partition coefficient (Wildman–Crippen LogP) is 3.78. The maximum absolute atomic E-state index is 12.4. The number of benzene rings is 2. The normalized spacial score (nSPS) is 20.0. The molecule has 2 aromatic carbocycles. The summed E-state index contributed by atoms with van der Waals surface area (Å²) < 4.78 is 40.7. The van der Waals surface area contributed by atoms with Crippen LogP contribution in [0.3, 0.4) is 0 Å². The third kappa shape index (κ3) is 4.66. The predicted molar refractivity (Wildman–Crippen MR) is 90.6 cm³/mol. The molecule has 0 saturated carbocycles. The Bertz CT molecular complexity index is 801. The van der Waals surface area contributed by atoms with E-state index in [1.807, 2.05) is 18.2 Å². The van der Waals surface area contributed by atoms with E-state index in [9.17, 15) is 18.0 Å². The molecule has 1 amide bonds. The summed E-state index contributed by atoms with van der Waals surface area (Å²) in [7, 11) is 0. The molecule has 0 aromatic heterocycles. The average Bonchev–Trinajstić information content (AvgIpc) is 3.04. The van der Waals surface area contributed by atoms with E-state index in [2.05, 4.69) is 20.9 Å². The second-order valence-electron chi connectivity index (χ2n) is 5.72. The fraction of sp³-hybridized carbons (Fsp3) is 0.235. The van der Waals surface area contributed by atoms with Gasteiger partial charge in [-0.05, 0) is 30.2 Å². The van der Waals surface area contributed by atoms with Gasteiger partial charge in [0.2, 0.25) is 5.91 Å². The lowest BCUT2D eigenvalue weighted by molar-refractivity contribution is -0.274. The zero-order valence-electron chi connectivity index (χ0n) is 13.3. The third-order valence-electron chi connectivity index (χ3n) is 3.84. The van der Waals surface area contributed by atoms with Crippen LogP contribution in [-0.4, -0.2) is 18.3 Å². The second-order valence-corrected chi connectivity index (χ2v) is 6.12. The molecular formula is C17H15ClF3N3O2. The van der Waals surface area contributed by atoms with Gasteiger partial charge in [-0.15, -0.1) is 13.2 Å². The molecule has 138 valence electrons. The summed E-state index contributed by atoms with van der Waals surface area (Å²) in [6, 6.07) is 11.7. The van der Waals surface area contributed by atoms with E-state index in [4.69, 9.17) is 11.6 Å². The first-order valence-electron chi connectivity index (χ1n) is 7.74. The van der Waals surface area contributed by atoms with Gasteiger partial charge in [-0.25, -0.2) is 10.9 Å². The van der Waals surface area contributed by atoms with Crippen LogP contribution in [0.2, 0.25) is 5.02 Å². The Morgan fingerprint density at radius 1 is 1.15 bits per heavy atom. The highest BCUT2D eigenvalue weighted by Crippen LogP contribution is 2.29. The van der Waals surface area contributed by atoms with Crippen molar-refractivity contribution >= 4 is 23.2 Å². The first-order chi connectivity index (χ1) is 12.3.